The van der Waals surface area contributed by atoms with Gasteiger partial charge in [-0.3, -0.25) is 0 Å². The maximum absolute atomic E-state index is 14.8. The standard InChI is InChI=1S/C29H25F5O3/c1-3-14-36-24-13-12-21(27(33)28(24)34)18-7-11-22(23(30)15-18)29(35)37-19-8-5-17(6-9-19)20-10-4-16(2)25(31)26(20)32/h4-5,7,10-13,15,19H,3,6,8-9,14H2,1-2H3. The van der Waals surface area contributed by atoms with Crippen molar-refractivity contribution in [3.05, 3.63) is 94.3 Å². The summed E-state index contributed by atoms with van der Waals surface area (Å²) in [4.78, 5) is 12.6. The first kappa shape index (κ1) is 26.4. The zero-order valence-electron chi connectivity index (χ0n) is 20.3. The van der Waals surface area contributed by atoms with Crippen LogP contribution in [0.3, 0.4) is 0 Å². The molecule has 1 aliphatic rings. The van der Waals surface area contributed by atoms with Crippen LogP contribution >= 0.6 is 0 Å². The molecule has 37 heavy (non-hydrogen) atoms. The Hall–Kier alpha value is -3.68. The van der Waals surface area contributed by atoms with E-state index in [1.807, 2.05) is 6.92 Å². The topological polar surface area (TPSA) is 35.5 Å². The Labute approximate surface area is 211 Å². The van der Waals surface area contributed by atoms with Crippen molar-refractivity contribution < 1.29 is 36.2 Å². The lowest BCUT2D eigenvalue weighted by atomic mass is 9.91. The molecule has 0 saturated heterocycles. The molecule has 8 heteroatoms. The van der Waals surface area contributed by atoms with Crippen LogP contribution in [0.2, 0.25) is 0 Å². The van der Waals surface area contributed by atoms with Crippen molar-refractivity contribution in [2.75, 3.05) is 6.61 Å². The number of benzene rings is 3. The second-order valence-electron chi connectivity index (χ2n) is 8.87. The van der Waals surface area contributed by atoms with Crippen LogP contribution in [-0.2, 0) is 4.74 Å². The Morgan fingerprint density at radius 3 is 2.32 bits per heavy atom. The molecular formula is C29H25F5O3. The molecular weight excluding hydrogens is 491 g/mol. The smallest absolute Gasteiger partial charge is 0.341 e. The monoisotopic (exact) mass is 516 g/mol. The van der Waals surface area contributed by atoms with E-state index in [4.69, 9.17) is 9.47 Å². The second-order valence-corrected chi connectivity index (χ2v) is 8.87. The summed E-state index contributed by atoms with van der Waals surface area (Å²) in [5.74, 6) is -6.25. The number of aryl methyl sites for hydroxylation is 1. The van der Waals surface area contributed by atoms with Gasteiger partial charge < -0.3 is 9.47 Å². The molecule has 0 bridgehead atoms. The third kappa shape index (κ3) is 5.53. The maximum Gasteiger partial charge on any atom is 0.341 e. The van der Waals surface area contributed by atoms with Gasteiger partial charge >= 0.3 is 5.97 Å². The van der Waals surface area contributed by atoms with E-state index >= 15 is 0 Å². The van der Waals surface area contributed by atoms with Crippen LogP contribution in [0.15, 0.2) is 48.5 Å². The number of carbonyl (C=O) groups is 1. The molecule has 3 nitrogen and oxygen atoms in total. The Morgan fingerprint density at radius 1 is 0.919 bits per heavy atom. The average Bonchev–Trinajstić information content (AvgIpc) is 2.89. The van der Waals surface area contributed by atoms with Gasteiger partial charge in [0.25, 0.3) is 0 Å². The van der Waals surface area contributed by atoms with Gasteiger partial charge in [-0.25, -0.2) is 22.4 Å². The molecule has 3 aromatic rings. The summed E-state index contributed by atoms with van der Waals surface area (Å²) in [5, 5.41) is 0. The quantitative estimate of drug-likeness (QED) is 0.236. The number of carbonyl (C=O) groups excluding carboxylic acids is 1. The summed E-state index contributed by atoms with van der Waals surface area (Å²) in [6.45, 7) is 3.53. The van der Waals surface area contributed by atoms with Crippen LogP contribution in [0.1, 0.15) is 54.1 Å². The molecule has 0 spiro atoms. The van der Waals surface area contributed by atoms with E-state index in [-0.39, 0.29) is 46.6 Å². The van der Waals surface area contributed by atoms with Crippen LogP contribution in [0.25, 0.3) is 16.7 Å². The fraction of sp³-hybridized carbons (Fsp3) is 0.276. The summed E-state index contributed by atoms with van der Waals surface area (Å²) >= 11 is 0. The van der Waals surface area contributed by atoms with Crippen molar-refractivity contribution in [3.63, 3.8) is 0 Å². The summed E-state index contributed by atoms with van der Waals surface area (Å²) in [6.07, 6.45) is 2.68. The molecule has 0 saturated carbocycles. The Morgan fingerprint density at radius 2 is 1.65 bits per heavy atom. The van der Waals surface area contributed by atoms with Crippen molar-refractivity contribution in [1.29, 1.82) is 0 Å². The Bertz CT molecular complexity index is 1370. The minimum atomic E-state index is -1.18. The Kier molecular flexibility index (Phi) is 7.95. The summed E-state index contributed by atoms with van der Waals surface area (Å²) in [7, 11) is 0. The highest BCUT2D eigenvalue weighted by Crippen LogP contribution is 2.33. The number of halogens is 5. The summed E-state index contributed by atoms with van der Waals surface area (Å²) in [6, 6.07) is 8.97. The number of allylic oxidation sites excluding steroid dienone is 1. The van der Waals surface area contributed by atoms with Gasteiger partial charge in [-0.1, -0.05) is 31.2 Å². The second kappa shape index (κ2) is 11.2. The third-order valence-electron chi connectivity index (χ3n) is 6.27. The highest BCUT2D eigenvalue weighted by Gasteiger charge is 2.24. The van der Waals surface area contributed by atoms with Gasteiger partial charge in [0.05, 0.1) is 12.2 Å². The third-order valence-corrected chi connectivity index (χ3v) is 6.27. The van der Waals surface area contributed by atoms with Crippen molar-refractivity contribution in [1.82, 2.24) is 0 Å². The van der Waals surface area contributed by atoms with Gasteiger partial charge in [-0.2, -0.15) is 4.39 Å². The van der Waals surface area contributed by atoms with E-state index in [2.05, 4.69) is 0 Å². The van der Waals surface area contributed by atoms with Crippen molar-refractivity contribution >= 4 is 11.5 Å². The van der Waals surface area contributed by atoms with Gasteiger partial charge in [0.2, 0.25) is 5.82 Å². The molecule has 0 amide bonds. The highest BCUT2D eigenvalue weighted by molar-refractivity contribution is 5.90. The maximum atomic E-state index is 14.8. The lowest BCUT2D eigenvalue weighted by Crippen LogP contribution is -2.21. The summed E-state index contributed by atoms with van der Waals surface area (Å²) < 4.78 is 82.5. The van der Waals surface area contributed by atoms with Crippen LogP contribution in [0.4, 0.5) is 22.0 Å². The fourth-order valence-electron chi connectivity index (χ4n) is 4.20. The first-order valence-corrected chi connectivity index (χ1v) is 12.0. The first-order chi connectivity index (χ1) is 17.7. The van der Waals surface area contributed by atoms with E-state index < -0.39 is 41.2 Å². The lowest BCUT2D eigenvalue weighted by Gasteiger charge is -2.23. The van der Waals surface area contributed by atoms with Gasteiger partial charge in [0, 0.05) is 17.5 Å². The number of hydrogen-bond donors (Lipinski definition) is 0. The minimum Gasteiger partial charge on any atom is -0.490 e. The van der Waals surface area contributed by atoms with Crippen molar-refractivity contribution in [3.8, 4) is 16.9 Å². The molecule has 0 N–H and O–H groups in total. The number of ether oxygens (including phenoxy) is 2. The van der Waals surface area contributed by atoms with E-state index in [1.165, 1.54) is 37.3 Å². The highest BCUT2D eigenvalue weighted by atomic mass is 19.2. The van der Waals surface area contributed by atoms with Gasteiger partial charge in [-0.15, -0.1) is 0 Å². The van der Waals surface area contributed by atoms with Gasteiger partial charge in [0.15, 0.2) is 23.2 Å². The minimum absolute atomic E-state index is 0.0464. The van der Waals surface area contributed by atoms with E-state index in [0.29, 0.717) is 24.8 Å². The normalized spacial score (nSPS) is 15.3. The zero-order valence-corrected chi connectivity index (χ0v) is 20.3. The molecule has 0 aromatic heterocycles. The number of rotatable bonds is 7. The zero-order chi connectivity index (χ0) is 26.7. The van der Waals surface area contributed by atoms with Gasteiger partial charge in [0.1, 0.15) is 11.9 Å². The molecule has 3 aromatic carbocycles. The molecule has 4 rings (SSSR count). The molecule has 0 fully saturated rings. The fourth-order valence-corrected chi connectivity index (χ4v) is 4.20. The average molecular weight is 517 g/mol. The van der Waals surface area contributed by atoms with E-state index in [0.717, 1.165) is 12.1 Å². The lowest BCUT2D eigenvalue weighted by molar-refractivity contribution is 0.0280. The largest absolute Gasteiger partial charge is 0.490 e. The van der Waals surface area contributed by atoms with Crippen molar-refractivity contribution in [2.24, 2.45) is 0 Å². The molecule has 0 aliphatic heterocycles. The van der Waals surface area contributed by atoms with E-state index in [9.17, 15) is 26.7 Å². The van der Waals surface area contributed by atoms with E-state index in [1.54, 1.807) is 6.08 Å². The molecule has 1 unspecified atom stereocenters. The van der Waals surface area contributed by atoms with Gasteiger partial charge in [-0.05, 0) is 67.2 Å². The summed E-state index contributed by atoms with van der Waals surface area (Å²) in [5.41, 5.74) is 0.509. The number of esters is 1. The van der Waals surface area contributed by atoms with Crippen LogP contribution < -0.4 is 4.74 Å². The van der Waals surface area contributed by atoms with Crippen molar-refractivity contribution in [2.45, 2.75) is 45.6 Å². The van der Waals surface area contributed by atoms with Crippen LogP contribution in [0, 0.1) is 36.0 Å². The molecule has 194 valence electrons. The molecule has 0 radical (unpaired) electrons. The SMILES string of the molecule is CCCOc1ccc(-c2ccc(C(=O)OC3CC=C(c4ccc(C)c(F)c4F)CC3)c(F)c2)c(F)c1F. The first-order valence-electron chi connectivity index (χ1n) is 12.0. The molecule has 1 atom stereocenters. The predicted molar refractivity (Wildman–Crippen MR) is 130 cm³/mol. The molecule has 1 aliphatic carbocycles. The Balaban J connectivity index is 1.45. The van der Waals surface area contributed by atoms with Crippen LogP contribution in [-0.4, -0.2) is 18.7 Å². The number of hydrogen-bond acceptors (Lipinski definition) is 3. The van der Waals surface area contributed by atoms with Crippen LogP contribution in [0.5, 0.6) is 5.75 Å². The predicted octanol–water partition coefficient (Wildman–Crippen LogP) is 7.94. The molecule has 0 heterocycles.